The second kappa shape index (κ2) is 3.59. The van der Waals surface area contributed by atoms with Gasteiger partial charge in [-0.2, -0.15) is 11.3 Å². The van der Waals surface area contributed by atoms with Crippen LogP contribution in [0.3, 0.4) is 0 Å². The summed E-state index contributed by atoms with van der Waals surface area (Å²) in [6.07, 6.45) is 0. The third-order valence-corrected chi connectivity index (χ3v) is 3.81. The lowest BCUT2D eigenvalue weighted by Gasteiger charge is -2.25. The molecule has 4 nitrogen and oxygen atoms in total. The van der Waals surface area contributed by atoms with Crippen molar-refractivity contribution in [2.45, 2.75) is 26.3 Å². The number of urea groups is 1. The summed E-state index contributed by atoms with van der Waals surface area (Å²) < 4.78 is 0. The van der Waals surface area contributed by atoms with Crippen LogP contribution in [0.2, 0.25) is 0 Å². The first-order valence-electron chi connectivity index (χ1n) is 5.15. The summed E-state index contributed by atoms with van der Waals surface area (Å²) >= 11 is 1.47. The van der Waals surface area contributed by atoms with E-state index in [2.05, 4.69) is 5.32 Å². The van der Waals surface area contributed by atoms with E-state index < -0.39 is 5.54 Å². The predicted octanol–water partition coefficient (Wildman–Crippen LogP) is 2.22. The number of hydrogen-bond acceptors (Lipinski definition) is 3. The Balaban J connectivity index is 2.38. The molecule has 1 aromatic heterocycles. The van der Waals surface area contributed by atoms with Gasteiger partial charge in [0.05, 0.1) is 5.69 Å². The largest absolute Gasteiger partial charge is 0.329 e. The number of rotatable bonds is 2. The van der Waals surface area contributed by atoms with Crippen molar-refractivity contribution in [1.82, 2.24) is 5.32 Å². The van der Waals surface area contributed by atoms with Crippen molar-refractivity contribution in [3.63, 3.8) is 0 Å². The molecule has 1 fully saturated rings. The number of thiophene rings is 1. The molecule has 1 aliphatic heterocycles. The van der Waals surface area contributed by atoms with Crippen LogP contribution in [0.1, 0.15) is 20.8 Å². The maximum Gasteiger partial charge on any atom is 0.329 e. The zero-order valence-electron chi connectivity index (χ0n) is 9.48. The Bertz CT molecular complexity index is 427. The van der Waals surface area contributed by atoms with E-state index in [1.54, 1.807) is 18.4 Å². The lowest BCUT2D eigenvalue weighted by molar-refractivity contribution is -0.122. The van der Waals surface area contributed by atoms with Crippen LogP contribution >= 0.6 is 11.3 Å². The van der Waals surface area contributed by atoms with Gasteiger partial charge in [-0.3, -0.25) is 4.79 Å². The van der Waals surface area contributed by atoms with Gasteiger partial charge >= 0.3 is 6.03 Å². The van der Waals surface area contributed by atoms with Gasteiger partial charge < -0.3 is 5.32 Å². The Morgan fingerprint density at radius 2 is 2.12 bits per heavy atom. The molecule has 0 spiro atoms. The third kappa shape index (κ3) is 1.43. The van der Waals surface area contributed by atoms with Gasteiger partial charge in [0.1, 0.15) is 5.54 Å². The number of hydrogen-bond donors (Lipinski definition) is 1. The molecule has 2 rings (SSSR count). The Labute approximate surface area is 98.3 Å². The first kappa shape index (κ1) is 11.1. The number of imide groups is 1. The second-order valence-corrected chi connectivity index (χ2v) is 5.19. The fraction of sp³-hybridized carbons (Fsp3) is 0.455. The standard InChI is InChI=1S/C11H14N2O2S/c1-7(2)11(3)9(14)13(10(15)12-11)8-4-5-16-6-8/h4-7H,1-3H3,(H,12,15). The minimum absolute atomic E-state index is 0.0626. The van der Waals surface area contributed by atoms with E-state index in [-0.39, 0.29) is 17.9 Å². The topological polar surface area (TPSA) is 49.4 Å². The zero-order valence-corrected chi connectivity index (χ0v) is 10.3. The second-order valence-electron chi connectivity index (χ2n) is 4.41. The van der Waals surface area contributed by atoms with Crippen LogP contribution in [0, 0.1) is 5.92 Å². The average Bonchev–Trinajstić information content (AvgIpc) is 2.76. The van der Waals surface area contributed by atoms with Crippen LogP contribution in [0.4, 0.5) is 10.5 Å². The van der Waals surface area contributed by atoms with Gasteiger partial charge in [-0.05, 0) is 24.3 Å². The van der Waals surface area contributed by atoms with E-state index in [1.807, 2.05) is 19.2 Å². The smallest absolute Gasteiger partial charge is 0.323 e. The molecule has 1 N–H and O–H groups in total. The van der Waals surface area contributed by atoms with E-state index >= 15 is 0 Å². The highest BCUT2D eigenvalue weighted by molar-refractivity contribution is 7.08. The van der Waals surface area contributed by atoms with Crippen LogP contribution in [-0.2, 0) is 4.79 Å². The molecule has 3 amide bonds. The average molecular weight is 238 g/mol. The zero-order chi connectivity index (χ0) is 11.9. The fourth-order valence-corrected chi connectivity index (χ4v) is 2.29. The number of carbonyl (C=O) groups is 2. The lowest BCUT2D eigenvalue weighted by atomic mass is 9.88. The molecular formula is C11H14N2O2S. The molecule has 2 heterocycles. The Morgan fingerprint density at radius 1 is 1.44 bits per heavy atom. The van der Waals surface area contributed by atoms with Crippen LogP contribution in [0.5, 0.6) is 0 Å². The SMILES string of the molecule is CC(C)C1(C)NC(=O)N(c2ccsc2)C1=O. The first-order valence-corrected chi connectivity index (χ1v) is 6.10. The minimum Gasteiger partial charge on any atom is -0.323 e. The molecule has 5 heteroatoms. The van der Waals surface area contributed by atoms with Gasteiger partial charge in [0, 0.05) is 5.38 Å². The molecule has 0 bridgehead atoms. The summed E-state index contributed by atoms with van der Waals surface area (Å²) in [5, 5.41) is 6.40. The molecule has 1 aromatic rings. The lowest BCUT2D eigenvalue weighted by Crippen LogP contribution is -2.48. The molecule has 0 aliphatic carbocycles. The molecule has 16 heavy (non-hydrogen) atoms. The number of amides is 3. The van der Waals surface area contributed by atoms with Crippen LogP contribution < -0.4 is 10.2 Å². The molecular weight excluding hydrogens is 224 g/mol. The molecule has 1 saturated heterocycles. The third-order valence-electron chi connectivity index (χ3n) is 3.14. The van der Waals surface area contributed by atoms with Crippen LogP contribution in [0.25, 0.3) is 0 Å². The maximum atomic E-state index is 12.2. The van der Waals surface area contributed by atoms with E-state index in [9.17, 15) is 9.59 Å². The molecule has 0 saturated carbocycles. The minimum atomic E-state index is -0.793. The van der Waals surface area contributed by atoms with Gasteiger partial charge in [-0.25, -0.2) is 9.69 Å². The summed E-state index contributed by atoms with van der Waals surface area (Å²) in [6, 6.07) is 1.44. The number of nitrogens with one attached hydrogen (secondary N) is 1. The first-order chi connectivity index (χ1) is 7.47. The van der Waals surface area contributed by atoms with Crippen LogP contribution in [0.15, 0.2) is 16.8 Å². The Morgan fingerprint density at radius 3 is 2.56 bits per heavy atom. The van der Waals surface area contributed by atoms with Crippen molar-refractivity contribution in [3.05, 3.63) is 16.8 Å². The summed E-state index contributed by atoms with van der Waals surface area (Å²) in [5.74, 6) is -0.113. The molecule has 0 aromatic carbocycles. The van der Waals surface area contributed by atoms with Gasteiger partial charge in [-0.1, -0.05) is 13.8 Å². The normalized spacial score (nSPS) is 25.4. The highest BCUT2D eigenvalue weighted by atomic mass is 32.1. The highest BCUT2D eigenvalue weighted by Crippen LogP contribution is 2.30. The van der Waals surface area contributed by atoms with Crippen LogP contribution in [-0.4, -0.2) is 17.5 Å². The predicted molar refractivity (Wildman–Crippen MR) is 63.6 cm³/mol. The van der Waals surface area contributed by atoms with Crippen molar-refractivity contribution in [3.8, 4) is 0 Å². The summed E-state index contributed by atoms with van der Waals surface area (Å²) in [6.45, 7) is 5.62. The summed E-state index contributed by atoms with van der Waals surface area (Å²) in [7, 11) is 0. The highest BCUT2D eigenvalue weighted by Gasteiger charge is 2.50. The fourth-order valence-electron chi connectivity index (χ4n) is 1.67. The van der Waals surface area contributed by atoms with Crippen molar-refractivity contribution in [2.75, 3.05) is 4.90 Å². The Kier molecular flexibility index (Phi) is 2.50. The maximum absolute atomic E-state index is 12.2. The van der Waals surface area contributed by atoms with E-state index in [0.717, 1.165) is 0 Å². The number of nitrogens with zero attached hydrogens (tertiary/aromatic N) is 1. The molecule has 1 unspecified atom stereocenters. The van der Waals surface area contributed by atoms with E-state index in [4.69, 9.17) is 0 Å². The summed E-state index contributed by atoms with van der Waals surface area (Å²) in [5.41, 5.74) is -0.143. The van der Waals surface area contributed by atoms with E-state index in [1.165, 1.54) is 16.2 Å². The van der Waals surface area contributed by atoms with Gasteiger partial charge in [-0.15, -0.1) is 0 Å². The molecule has 0 radical (unpaired) electrons. The van der Waals surface area contributed by atoms with Crippen molar-refractivity contribution in [2.24, 2.45) is 5.92 Å². The molecule has 86 valence electrons. The quantitative estimate of drug-likeness (QED) is 0.803. The Hall–Kier alpha value is -1.36. The van der Waals surface area contributed by atoms with Crippen molar-refractivity contribution in [1.29, 1.82) is 0 Å². The summed E-state index contributed by atoms with van der Waals surface area (Å²) in [4.78, 5) is 25.2. The molecule has 1 aliphatic rings. The van der Waals surface area contributed by atoms with Gasteiger partial charge in [0.2, 0.25) is 0 Å². The van der Waals surface area contributed by atoms with Crippen molar-refractivity contribution >= 4 is 29.0 Å². The number of anilines is 1. The molecule has 1 atom stereocenters. The van der Waals surface area contributed by atoms with E-state index in [0.29, 0.717) is 5.69 Å². The van der Waals surface area contributed by atoms with Gasteiger partial charge in [0.25, 0.3) is 5.91 Å². The monoisotopic (exact) mass is 238 g/mol. The van der Waals surface area contributed by atoms with Gasteiger partial charge in [0.15, 0.2) is 0 Å². The number of carbonyl (C=O) groups excluding carboxylic acids is 2. The van der Waals surface area contributed by atoms with Crippen molar-refractivity contribution < 1.29 is 9.59 Å².